The fraction of sp³-hybridized carbons (Fsp3) is 0.556. The molecule has 1 aromatic carbocycles. The molecule has 1 heterocycles. The van der Waals surface area contributed by atoms with Crippen LogP contribution in [0.3, 0.4) is 0 Å². The third-order valence-corrected chi connectivity index (χ3v) is 4.69. The van der Waals surface area contributed by atoms with Crippen molar-refractivity contribution in [3.63, 3.8) is 0 Å². The van der Waals surface area contributed by atoms with Gasteiger partial charge in [-0.05, 0) is 23.0 Å². The van der Waals surface area contributed by atoms with E-state index in [1.807, 2.05) is 12.1 Å². The maximum absolute atomic E-state index is 12.2. The Bertz CT molecular complexity index is 583. The van der Waals surface area contributed by atoms with Gasteiger partial charge in [-0.25, -0.2) is 9.59 Å². The van der Waals surface area contributed by atoms with Crippen molar-refractivity contribution in [2.75, 3.05) is 19.7 Å². The standard InChI is InChI=1S/C18H26N2O4/c1-4-18(2,3)14-7-5-13(6-8-14)11-19-17(23)20-9-10-24-15(12-20)16(21)22/h5-8,15H,4,9-12H2,1-3H3,(H,19,23)(H,21,22). The summed E-state index contributed by atoms with van der Waals surface area (Å²) in [6.45, 7) is 7.72. The summed E-state index contributed by atoms with van der Waals surface area (Å²) in [4.78, 5) is 24.6. The molecule has 2 N–H and O–H groups in total. The Balaban J connectivity index is 1.89. The van der Waals surface area contributed by atoms with E-state index in [1.54, 1.807) is 0 Å². The molecule has 2 rings (SSSR count). The van der Waals surface area contributed by atoms with Crippen LogP contribution in [0.25, 0.3) is 0 Å². The van der Waals surface area contributed by atoms with E-state index < -0.39 is 12.1 Å². The smallest absolute Gasteiger partial charge is 0.334 e. The molecule has 0 aliphatic carbocycles. The molecular weight excluding hydrogens is 308 g/mol. The third kappa shape index (κ3) is 4.47. The number of morpholine rings is 1. The fourth-order valence-electron chi connectivity index (χ4n) is 2.55. The van der Waals surface area contributed by atoms with Gasteiger partial charge in [-0.2, -0.15) is 0 Å². The number of nitrogens with zero attached hydrogens (tertiary/aromatic N) is 1. The van der Waals surface area contributed by atoms with E-state index in [1.165, 1.54) is 10.5 Å². The Labute approximate surface area is 142 Å². The Morgan fingerprint density at radius 1 is 1.33 bits per heavy atom. The second kappa shape index (κ2) is 7.66. The summed E-state index contributed by atoms with van der Waals surface area (Å²) in [5.74, 6) is -1.04. The number of hydrogen-bond donors (Lipinski definition) is 2. The molecule has 0 bridgehead atoms. The monoisotopic (exact) mass is 334 g/mol. The molecule has 0 saturated carbocycles. The van der Waals surface area contributed by atoms with Gasteiger partial charge in [-0.3, -0.25) is 0 Å². The van der Waals surface area contributed by atoms with Gasteiger partial charge in [0.2, 0.25) is 0 Å². The highest BCUT2D eigenvalue weighted by molar-refractivity contribution is 5.77. The minimum absolute atomic E-state index is 0.0742. The molecule has 2 amide bonds. The molecule has 1 aliphatic heterocycles. The first-order valence-electron chi connectivity index (χ1n) is 8.30. The van der Waals surface area contributed by atoms with Crippen molar-refractivity contribution in [1.29, 1.82) is 0 Å². The molecule has 0 spiro atoms. The summed E-state index contributed by atoms with van der Waals surface area (Å²) < 4.78 is 5.12. The molecule has 6 heteroatoms. The van der Waals surface area contributed by atoms with E-state index in [4.69, 9.17) is 9.84 Å². The van der Waals surface area contributed by atoms with Crippen molar-refractivity contribution >= 4 is 12.0 Å². The van der Waals surface area contributed by atoms with Gasteiger partial charge in [0.25, 0.3) is 0 Å². The Morgan fingerprint density at radius 3 is 2.58 bits per heavy atom. The van der Waals surface area contributed by atoms with Crippen LogP contribution in [-0.4, -0.2) is 47.8 Å². The van der Waals surface area contributed by atoms with E-state index in [0.717, 1.165) is 12.0 Å². The molecule has 0 radical (unpaired) electrons. The number of carbonyl (C=O) groups is 2. The Kier molecular flexibility index (Phi) is 5.83. The van der Waals surface area contributed by atoms with E-state index in [0.29, 0.717) is 13.1 Å². The Morgan fingerprint density at radius 2 is 2.00 bits per heavy atom. The van der Waals surface area contributed by atoms with Crippen molar-refractivity contribution in [2.45, 2.75) is 45.3 Å². The number of rotatable bonds is 5. The average Bonchev–Trinajstić information content (AvgIpc) is 2.60. The molecule has 1 fully saturated rings. The minimum Gasteiger partial charge on any atom is -0.479 e. The highest BCUT2D eigenvalue weighted by Gasteiger charge is 2.28. The van der Waals surface area contributed by atoms with Crippen LogP contribution in [0.2, 0.25) is 0 Å². The third-order valence-electron chi connectivity index (χ3n) is 4.69. The second-order valence-electron chi connectivity index (χ2n) is 6.74. The van der Waals surface area contributed by atoms with Crippen molar-refractivity contribution in [2.24, 2.45) is 0 Å². The van der Waals surface area contributed by atoms with E-state index in [2.05, 4.69) is 38.2 Å². The highest BCUT2D eigenvalue weighted by Crippen LogP contribution is 2.26. The first-order valence-corrected chi connectivity index (χ1v) is 8.30. The lowest BCUT2D eigenvalue weighted by atomic mass is 9.82. The molecule has 1 aliphatic rings. The lowest BCUT2D eigenvalue weighted by Gasteiger charge is -2.30. The topological polar surface area (TPSA) is 78.9 Å². The number of carboxylic acid groups (broad SMARTS) is 1. The van der Waals surface area contributed by atoms with Gasteiger partial charge in [-0.15, -0.1) is 0 Å². The number of amides is 2. The number of aliphatic carboxylic acids is 1. The SMILES string of the molecule is CCC(C)(C)c1ccc(CNC(=O)N2CCOC(C(=O)O)C2)cc1. The highest BCUT2D eigenvalue weighted by atomic mass is 16.5. The predicted octanol–water partition coefficient (Wildman–Crippen LogP) is 2.37. The van der Waals surface area contributed by atoms with Crippen molar-refractivity contribution in [1.82, 2.24) is 10.2 Å². The van der Waals surface area contributed by atoms with Gasteiger partial charge in [0, 0.05) is 13.1 Å². The summed E-state index contributed by atoms with van der Waals surface area (Å²) in [7, 11) is 0. The second-order valence-corrected chi connectivity index (χ2v) is 6.74. The Hall–Kier alpha value is -2.08. The molecule has 24 heavy (non-hydrogen) atoms. The van der Waals surface area contributed by atoms with Crippen molar-refractivity contribution < 1.29 is 19.4 Å². The maximum Gasteiger partial charge on any atom is 0.334 e. The average molecular weight is 334 g/mol. The minimum atomic E-state index is -1.04. The molecule has 132 valence electrons. The number of carbonyl (C=O) groups excluding carboxylic acids is 1. The molecule has 1 saturated heterocycles. The molecule has 1 atom stereocenters. The van der Waals surface area contributed by atoms with Crippen molar-refractivity contribution in [3.05, 3.63) is 35.4 Å². The van der Waals surface area contributed by atoms with Crippen LogP contribution in [0, 0.1) is 0 Å². The number of urea groups is 1. The quantitative estimate of drug-likeness (QED) is 0.866. The van der Waals surface area contributed by atoms with Gasteiger partial charge in [0.05, 0.1) is 13.2 Å². The molecular formula is C18H26N2O4. The zero-order chi connectivity index (χ0) is 17.7. The number of hydrogen-bond acceptors (Lipinski definition) is 3. The summed E-state index contributed by atoms with van der Waals surface area (Å²) in [5, 5.41) is 11.8. The lowest BCUT2D eigenvalue weighted by molar-refractivity contribution is -0.154. The predicted molar refractivity (Wildman–Crippen MR) is 90.9 cm³/mol. The maximum atomic E-state index is 12.2. The van der Waals surface area contributed by atoms with E-state index >= 15 is 0 Å². The first-order chi connectivity index (χ1) is 11.3. The van der Waals surface area contributed by atoms with Gasteiger partial charge in [0.15, 0.2) is 6.10 Å². The van der Waals surface area contributed by atoms with Gasteiger partial charge >= 0.3 is 12.0 Å². The molecule has 1 aromatic rings. The number of benzene rings is 1. The number of carboxylic acids is 1. The van der Waals surface area contributed by atoms with E-state index in [9.17, 15) is 9.59 Å². The summed E-state index contributed by atoms with van der Waals surface area (Å²) in [6, 6.07) is 7.97. The largest absolute Gasteiger partial charge is 0.479 e. The van der Waals surface area contributed by atoms with Crippen LogP contribution >= 0.6 is 0 Å². The fourth-order valence-corrected chi connectivity index (χ4v) is 2.55. The summed E-state index contributed by atoms with van der Waals surface area (Å²) in [6.07, 6.45) is 0.116. The summed E-state index contributed by atoms with van der Waals surface area (Å²) in [5.41, 5.74) is 2.43. The zero-order valence-corrected chi connectivity index (χ0v) is 14.5. The van der Waals surface area contributed by atoms with Crippen LogP contribution in [0.5, 0.6) is 0 Å². The first kappa shape index (κ1) is 18.3. The van der Waals surface area contributed by atoms with Gasteiger partial charge in [-0.1, -0.05) is 45.0 Å². The molecule has 0 aromatic heterocycles. The summed E-state index contributed by atoms with van der Waals surface area (Å²) >= 11 is 0. The van der Waals surface area contributed by atoms with Crippen LogP contribution in [0.4, 0.5) is 4.79 Å². The van der Waals surface area contributed by atoms with Crippen LogP contribution in [-0.2, 0) is 21.5 Å². The van der Waals surface area contributed by atoms with Crippen LogP contribution < -0.4 is 5.32 Å². The van der Waals surface area contributed by atoms with Gasteiger partial charge in [0.1, 0.15) is 0 Å². The lowest BCUT2D eigenvalue weighted by Crippen LogP contribution is -2.51. The molecule has 6 nitrogen and oxygen atoms in total. The normalized spacial score (nSPS) is 18.3. The number of ether oxygens (including phenoxy) is 1. The van der Waals surface area contributed by atoms with Crippen LogP contribution in [0.15, 0.2) is 24.3 Å². The van der Waals surface area contributed by atoms with Crippen LogP contribution in [0.1, 0.15) is 38.3 Å². The van der Waals surface area contributed by atoms with Gasteiger partial charge < -0.3 is 20.1 Å². The zero-order valence-electron chi connectivity index (χ0n) is 14.5. The number of nitrogens with one attached hydrogen (secondary N) is 1. The van der Waals surface area contributed by atoms with E-state index in [-0.39, 0.29) is 24.6 Å². The molecule has 1 unspecified atom stereocenters. The van der Waals surface area contributed by atoms with Crippen molar-refractivity contribution in [3.8, 4) is 0 Å².